The number of hydrogen-bond acceptors (Lipinski definition) is 0. The molecule has 0 aliphatic heterocycles. The van der Waals surface area contributed by atoms with Crippen molar-refractivity contribution < 1.29 is 0 Å². The van der Waals surface area contributed by atoms with Crippen LogP contribution in [0.1, 0.15) is 41.0 Å². The van der Waals surface area contributed by atoms with E-state index in [-0.39, 0.29) is 5.41 Å². The first-order chi connectivity index (χ1) is 5.54. The molecule has 69 valence electrons. The van der Waals surface area contributed by atoms with E-state index in [1.54, 1.807) is 0 Å². The molecule has 0 rings (SSSR count). The summed E-state index contributed by atoms with van der Waals surface area (Å²) in [5.74, 6) is 0.564. The van der Waals surface area contributed by atoms with Crippen molar-refractivity contribution >= 4 is 0 Å². The molecule has 0 aromatic carbocycles. The number of allylic oxidation sites excluding steroid dienone is 4. The first kappa shape index (κ1) is 11.5. The Morgan fingerprint density at radius 2 is 2.00 bits per heavy atom. The quantitative estimate of drug-likeness (QED) is 0.552. The SMILES string of the molecule is CC=CC(C)(C)C(C)/C=[C]/CC. The molecule has 0 heteroatoms. The maximum absolute atomic E-state index is 3.25. The molecule has 0 aliphatic rings. The predicted molar refractivity (Wildman–Crippen MR) is 55.9 cm³/mol. The maximum Gasteiger partial charge on any atom is -0.0115 e. The highest BCUT2D eigenvalue weighted by atomic mass is 14.2. The highest BCUT2D eigenvalue weighted by Gasteiger charge is 2.19. The van der Waals surface area contributed by atoms with Crippen LogP contribution in [0.25, 0.3) is 0 Å². The summed E-state index contributed by atoms with van der Waals surface area (Å²) in [5, 5.41) is 0. The standard InChI is InChI=1S/C12H21/c1-6-8-9-11(3)12(4,5)10-7-2/h7,9-11H,6H2,1-5H3. The van der Waals surface area contributed by atoms with Crippen molar-refractivity contribution in [2.75, 3.05) is 0 Å². The van der Waals surface area contributed by atoms with Gasteiger partial charge in [-0.25, -0.2) is 0 Å². The topological polar surface area (TPSA) is 0 Å². The molecule has 0 aromatic heterocycles. The third-order valence-corrected chi connectivity index (χ3v) is 2.34. The second-order valence-electron chi connectivity index (χ2n) is 3.83. The van der Waals surface area contributed by atoms with E-state index in [4.69, 9.17) is 0 Å². The van der Waals surface area contributed by atoms with Crippen molar-refractivity contribution in [3.05, 3.63) is 24.3 Å². The van der Waals surface area contributed by atoms with E-state index in [2.05, 4.69) is 58.9 Å². The molecule has 0 spiro atoms. The Kier molecular flexibility index (Phi) is 4.96. The molecule has 1 unspecified atom stereocenters. The fourth-order valence-corrected chi connectivity index (χ4v) is 1.09. The van der Waals surface area contributed by atoms with E-state index in [9.17, 15) is 0 Å². The summed E-state index contributed by atoms with van der Waals surface area (Å²) in [6.45, 7) is 10.9. The van der Waals surface area contributed by atoms with Crippen LogP contribution < -0.4 is 0 Å². The van der Waals surface area contributed by atoms with Gasteiger partial charge in [0.25, 0.3) is 0 Å². The molecule has 0 nitrogen and oxygen atoms in total. The van der Waals surface area contributed by atoms with E-state index in [1.807, 2.05) is 0 Å². The normalized spacial score (nSPS) is 16.1. The Labute approximate surface area is 77.4 Å². The van der Waals surface area contributed by atoms with Gasteiger partial charge in [-0.05, 0) is 30.8 Å². The molecule has 0 heterocycles. The summed E-state index contributed by atoms with van der Waals surface area (Å²) >= 11 is 0. The van der Waals surface area contributed by atoms with Crippen molar-refractivity contribution in [3.8, 4) is 0 Å². The van der Waals surface area contributed by atoms with Gasteiger partial charge in [0.2, 0.25) is 0 Å². The molecule has 0 saturated heterocycles. The molecular formula is C12H21. The fourth-order valence-electron chi connectivity index (χ4n) is 1.09. The third-order valence-electron chi connectivity index (χ3n) is 2.34. The molecule has 0 saturated carbocycles. The molecule has 0 amide bonds. The minimum absolute atomic E-state index is 0.261. The molecule has 1 radical (unpaired) electrons. The lowest BCUT2D eigenvalue weighted by molar-refractivity contribution is 0.366. The maximum atomic E-state index is 3.25. The summed E-state index contributed by atoms with van der Waals surface area (Å²) in [6, 6.07) is 0. The molecule has 0 aromatic rings. The van der Waals surface area contributed by atoms with Crippen molar-refractivity contribution in [1.82, 2.24) is 0 Å². The first-order valence-corrected chi connectivity index (χ1v) is 4.75. The van der Waals surface area contributed by atoms with Crippen LogP contribution in [-0.2, 0) is 0 Å². The lowest BCUT2D eigenvalue weighted by Gasteiger charge is -2.25. The zero-order valence-corrected chi connectivity index (χ0v) is 9.02. The van der Waals surface area contributed by atoms with Gasteiger partial charge < -0.3 is 0 Å². The van der Waals surface area contributed by atoms with Gasteiger partial charge in [-0.15, -0.1) is 0 Å². The molecular weight excluding hydrogens is 144 g/mol. The van der Waals surface area contributed by atoms with Gasteiger partial charge in [0.15, 0.2) is 0 Å². The monoisotopic (exact) mass is 165 g/mol. The van der Waals surface area contributed by atoms with E-state index >= 15 is 0 Å². The van der Waals surface area contributed by atoms with Crippen molar-refractivity contribution in [2.24, 2.45) is 11.3 Å². The molecule has 0 aliphatic carbocycles. The summed E-state index contributed by atoms with van der Waals surface area (Å²) in [7, 11) is 0. The van der Waals surface area contributed by atoms with E-state index < -0.39 is 0 Å². The molecule has 0 fully saturated rings. The predicted octanol–water partition coefficient (Wildman–Crippen LogP) is 3.99. The fraction of sp³-hybridized carbons (Fsp3) is 0.667. The molecule has 1 atom stereocenters. The van der Waals surface area contributed by atoms with Gasteiger partial charge in [-0.3, -0.25) is 0 Å². The Hall–Kier alpha value is -0.520. The van der Waals surface area contributed by atoms with E-state index in [1.165, 1.54) is 0 Å². The van der Waals surface area contributed by atoms with Crippen LogP contribution in [0.15, 0.2) is 18.2 Å². The molecule has 0 bridgehead atoms. The van der Waals surface area contributed by atoms with Crippen LogP contribution >= 0.6 is 0 Å². The van der Waals surface area contributed by atoms with Crippen molar-refractivity contribution in [3.63, 3.8) is 0 Å². The summed E-state index contributed by atoms with van der Waals surface area (Å²) in [5.41, 5.74) is 0.261. The summed E-state index contributed by atoms with van der Waals surface area (Å²) < 4.78 is 0. The minimum Gasteiger partial charge on any atom is -0.0911 e. The van der Waals surface area contributed by atoms with Crippen LogP contribution in [0.4, 0.5) is 0 Å². The van der Waals surface area contributed by atoms with Crippen molar-refractivity contribution in [2.45, 2.75) is 41.0 Å². The largest absolute Gasteiger partial charge is 0.0911 e. The molecule has 12 heavy (non-hydrogen) atoms. The van der Waals surface area contributed by atoms with Gasteiger partial charge in [-0.1, -0.05) is 45.9 Å². The zero-order chi connectivity index (χ0) is 9.61. The van der Waals surface area contributed by atoms with Gasteiger partial charge in [0.05, 0.1) is 0 Å². The highest BCUT2D eigenvalue weighted by Crippen LogP contribution is 2.28. The average molecular weight is 165 g/mol. The highest BCUT2D eigenvalue weighted by molar-refractivity contribution is 5.01. The average Bonchev–Trinajstić information content (AvgIpc) is 2.00. The molecule has 0 N–H and O–H groups in total. The van der Waals surface area contributed by atoms with Crippen LogP contribution in [-0.4, -0.2) is 0 Å². The Morgan fingerprint density at radius 3 is 2.42 bits per heavy atom. The van der Waals surface area contributed by atoms with Gasteiger partial charge in [0.1, 0.15) is 0 Å². The van der Waals surface area contributed by atoms with Crippen LogP contribution in [0.3, 0.4) is 0 Å². The van der Waals surface area contributed by atoms with Gasteiger partial charge in [0, 0.05) is 0 Å². The smallest absolute Gasteiger partial charge is 0.0115 e. The third kappa shape index (κ3) is 3.75. The lowest BCUT2D eigenvalue weighted by Crippen LogP contribution is -2.16. The summed E-state index contributed by atoms with van der Waals surface area (Å²) in [6.07, 6.45) is 10.8. The van der Waals surface area contributed by atoms with Crippen LogP contribution in [0, 0.1) is 17.4 Å². The zero-order valence-electron chi connectivity index (χ0n) is 9.02. The minimum atomic E-state index is 0.261. The van der Waals surface area contributed by atoms with Crippen LogP contribution in [0.2, 0.25) is 0 Å². The lowest BCUT2D eigenvalue weighted by atomic mass is 9.79. The Morgan fingerprint density at radius 1 is 1.42 bits per heavy atom. The van der Waals surface area contributed by atoms with Crippen molar-refractivity contribution in [1.29, 1.82) is 0 Å². The van der Waals surface area contributed by atoms with Crippen LogP contribution in [0.5, 0.6) is 0 Å². The number of hydrogen-bond donors (Lipinski definition) is 0. The van der Waals surface area contributed by atoms with E-state index in [0.29, 0.717) is 5.92 Å². The second-order valence-corrected chi connectivity index (χ2v) is 3.83. The first-order valence-electron chi connectivity index (χ1n) is 4.75. The van der Waals surface area contributed by atoms with Gasteiger partial charge >= 0.3 is 0 Å². The Balaban J connectivity index is 4.24. The Bertz CT molecular complexity index is 161. The number of rotatable bonds is 4. The van der Waals surface area contributed by atoms with Gasteiger partial charge in [-0.2, -0.15) is 0 Å². The van der Waals surface area contributed by atoms with E-state index in [0.717, 1.165) is 6.42 Å². The summed E-state index contributed by atoms with van der Waals surface area (Å²) in [4.78, 5) is 0. The second kappa shape index (κ2) is 5.18.